The highest BCUT2D eigenvalue weighted by atomic mass is 16.2. The van der Waals surface area contributed by atoms with Crippen molar-refractivity contribution in [3.05, 3.63) is 70.9 Å². The van der Waals surface area contributed by atoms with Crippen molar-refractivity contribution in [2.45, 2.75) is 20.4 Å². The highest BCUT2D eigenvalue weighted by Gasteiger charge is 2.28. The molecule has 0 saturated heterocycles. The second-order valence-corrected chi connectivity index (χ2v) is 6.70. The fourth-order valence-electron chi connectivity index (χ4n) is 3.39. The lowest BCUT2D eigenvalue weighted by Gasteiger charge is -2.16. The van der Waals surface area contributed by atoms with Gasteiger partial charge in [-0.15, -0.1) is 0 Å². The van der Waals surface area contributed by atoms with Crippen LogP contribution in [0.25, 0.3) is 17.0 Å². The van der Waals surface area contributed by atoms with Crippen LogP contribution in [-0.4, -0.2) is 10.5 Å². The third-order valence-electron chi connectivity index (χ3n) is 4.57. The Morgan fingerprint density at radius 2 is 1.92 bits per heavy atom. The summed E-state index contributed by atoms with van der Waals surface area (Å²) in [6.07, 6.45) is 4.15. The maximum atomic E-state index is 12.9. The minimum Gasteiger partial charge on any atom is -0.351 e. The van der Waals surface area contributed by atoms with E-state index in [1.165, 1.54) is 11.1 Å². The quantitative estimate of drug-likeness (QED) is 0.669. The predicted octanol–water partition coefficient (Wildman–Crippen LogP) is 4.76. The maximum absolute atomic E-state index is 12.9. The lowest BCUT2D eigenvalue weighted by molar-refractivity contribution is 0.0996. The number of aromatic nitrogens is 1. The van der Waals surface area contributed by atoms with Crippen molar-refractivity contribution in [1.29, 1.82) is 0 Å². The lowest BCUT2D eigenvalue weighted by Crippen LogP contribution is -2.22. The summed E-state index contributed by atoms with van der Waals surface area (Å²) in [6, 6.07) is 14.5. The number of fused-ring (bicyclic) bond motifs is 2. The molecule has 120 valence electrons. The fourth-order valence-corrected chi connectivity index (χ4v) is 3.39. The molecule has 2 aromatic carbocycles. The zero-order valence-corrected chi connectivity index (χ0v) is 14.2. The van der Waals surface area contributed by atoms with Gasteiger partial charge < -0.3 is 9.47 Å². The smallest absolute Gasteiger partial charge is 0.258 e. The van der Waals surface area contributed by atoms with Crippen LogP contribution in [0.3, 0.4) is 0 Å². The predicted molar refractivity (Wildman–Crippen MR) is 99.2 cm³/mol. The molecule has 0 N–H and O–H groups in total. The summed E-state index contributed by atoms with van der Waals surface area (Å²) in [7, 11) is 2.03. The molecule has 24 heavy (non-hydrogen) atoms. The Bertz CT molecular complexity index is 990. The molecular formula is C21H20N2O. The Balaban J connectivity index is 1.72. The molecule has 1 amide bonds. The summed E-state index contributed by atoms with van der Waals surface area (Å²) in [5, 5.41) is 1.16. The van der Waals surface area contributed by atoms with Crippen LogP contribution in [0.15, 0.2) is 54.2 Å². The van der Waals surface area contributed by atoms with Crippen molar-refractivity contribution >= 4 is 28.6 Å². The minimum absolute atomic E-state index is 0.0873. The fraction of sp³-hybridized carbons (Fsp3) is 0.190. The van der Waals surface area contributed by atoms with Crippen molar-refractivity contribution in [3.63, 3.8) is 0 Å². The van der Waals surface area contributed by atoms with E-state index in [0.717, 1.165) is 27.8 Å². The lowest BCUT2D eigenvalue weighted by atomic mass is 10.0. The van der Waals surface area contributed by atoms with E-state index in [2.05, 4.69) is 54.8 Å². The van der Waals surface area contributed by atoms with Crippen LogP contribution < -0.4 is 4.90 Å². The van der Waals surface area contributed by atoms with Crippen molar-refractivity contribution in [2.75, 3.05) is 4.90 Å². The van der Waals surface area contributed by atoms with Gasteiger partial charge in [0.25, 0.3) is 5.91 Å². The molecule has 3 heteroatoms. The van der Waals surface area contributed by atoms with Gasteiger partial charge in [0, 0.05) is 35.4 Å². The third kappa shape index (κ3) is 2.33. The number of aryl methyl sites for hydroxylation is 1. The van der Waals surface area contributed by atoms with Gasteiger partial charge in [-0.05, 0) is 55.3 Å². The summed E-state index contributed by atoms with van der Waals surface area (Å²) in [6.45, 7) is 4.77. The number of benzene rings is 2. The van der Waals surface area contributed by atoms with Crippen molar-refractivity contribution < 1.29 is 4.79 Å². The first-order valence-corrected chi connectivity index (χ1v) is 8.18. The first-order chi connectivity index (χ1) is 11.5. The molecule has 1 aliphatic rings. The molecule has 4 rings (SSSR count). The van der Waals surface area contributed by atoms with Gasteiger partial charge in [-0.2, -0.15) is 0 Å². The second kappa shape index (κ2) is 5.38. The monoisotopic (exact) mass is 316 g/mol. The number of carbonyl (C=O) groups is 1. The van der Waals surface area contributed by atoms with E-state index >= 15 is 0 Å². The first-order valence-electron chi connectivity index (χ1n) is 8.18. The molecular weight excluding hydrogens is 296 g/mol. The second-order valence-electron chi connectivity index (χ2n) is 6.70. The van der Waals surface area contributed by atoms with Crippen LogP contribution >= 0.6 is 0 Å². The summed E-state index contributed by atoms with van der Waals surface area (Å²) in [5.41, 5.74) is 6.36. The van der Waals surface area contributed by atoms with Crippen molar-refractivity contribution in [3.8, 4) is 0 Å². The zero-order chi connectivity index (χ0) is 16.8. The van der Waals surface area contributed by atoms with E-state index in [1.54, 1.807) is 0 Å². The van der Waals surface area contributed by atoms with Crippen LogP contribution in [0, 0.1) is 0 Å². The molecule has 0 aliphatic carbocycles. The van der Waals surface area contributed by atoms with Gasteiger partial charge in [0.1, 0.15) is 0 Å². The average Bonchev–Trinajstić information content (AvgIpc) is 3.08. The molecule has 3 aromatic rings. The molecule has 0 spiro atoms. The van der Waals surface area contributed by atoms with Gasteiger partial charge in [-0.25, -0.2) is 0 Å². The third-order valence-corrected chi connectivity index (χ3v) is 4.57. The van der Waals surface area contributed by atoms with Gasteiger partial charge in [0.05, 0.1) is 6.54 Å². The van der Waals surface area contributed by atoms with Crippen LogP contribution in [-0.2, 0) is 13.6 Å². The molecule has 0 bridgehead atoms. The number of amides is 1. The summed E-state index contributed by atoms with van der Waals surface area (Å²) < 4.78 is 2.09. The Morgan fingerprint density at radius 3 is 2.71 bits per heavy atom. The van der Waals surface area contributed by atoms with Crippen molar-refractivity contribution in [2.24, 2.45) is 7.05 Å². The number of allylic oxidation sites excluding steroid dienone is 1. The molecule has 3 nitrogen and oxygen atoms in total. The first kappa shape index (κ1) is 14.8. The Morgan fingerprint density at radius 1 is 1.08 bits per heavy atom. The van der Waals surface area contributed by atoms with E-state index in [4.69, 9.17) is 0 Å². The zero-order valence-electron chi connectivity index (χ0n) is 14.2. The van der Waals surface area contributed by atoms with Crippen LogP contribution in [0.1, 0.15) is 35.3 Å². The van der Waals surface area contributed by atoms with Crippen LogP contribution in [0.5, 0.6) is 0 Å². The number of carbonyl (C=O) groups excluding carboxylic acids is 1. The van der Waals surface area contributed by atoms with Gasteiger partial charge in [-0.3, -0.25) is 4.79 Å². The number of hydrogen-bond donors (Lipinski definition) is 0. The minimum atomic E-state index is 0.0873. The number of hydrogen-bond acceptors (Lipinski definition) is 1. The Kier molecular flexibility index (Phi) is 3.31. The number of rotatable bonds is 2. The van der Waals surface area contributed by atoms with Gasteiger partial charge in [0.15, 0.2) is 0 Å². The molecule has 0 atom stereocenters. The summed E-state index contributed by atoms with van der Waals surface area (Å²) in [4.78, 5) is 14.7. The summed E-state index contributed by atoms with van der Waals surface area (Å²) in [5.74, 6) is 0.0873. The Hall–Kier alpha value is -2.81. The normalized spacial score (nSPS) is 13.5. The molecule has 0 fully saturated rings. The van der Waals surface area contributed by atoms with E-state index in [9.17, 15) is 4.79 Å². The Labute approximate surface area is 141 Å². The van der Waals surface area contributed by atoms with E-state index < -0.39 is 0 Å². The highest BCUT2D eigenvalue weighted by Crippen LogP contribution is 2.31. The highest BCUT2D eigenvalue weighted by molar-refractivity contribution is 6.11. The van der Waals surface area contributed by atoms with E-state index in [1.807, 2.05) is 30.3 Å². The largest absolute Gasteiger partial charge is 0.351 e. The van der Waals surface area contributed by atoms with Crippen LogP contribution in [0.2, 0.25) is 0 Å². The average molecular weight is 316 g/mol. The van der Waals surface area contributed by atoms with Crippen LogP contribution in [0.4, 0.5) is 5.69 Å². The molecule has 1 aromatic heterocycles. The SMILES string of the molecule is CC(C)=Cc1ccc2c(c1)C(=O)N(c1ccc3c(ccn3C)c1)C2. The summed E-state index contributed by atoms with van der Waals surface area (Å²) >= 11 is 0. The molecule has 0 saturated carbocycles. The molecule has 2 heterocycles. The van der Waals surface area contributed by atoms with Crippen molar-refractivity contribution in [1.82, 2.24) is 4.57 Å². The van der Waals surface area contributed by atoms with Gasteiger partial charge >= 0.3 is 0 Å². The number of anilines is 1. The van der Waals surface area contributed by atoms with Gasteiger partial charge in [0.2, 0.25) is 0 Å². The molecule has 0 radical (unpaired) electrons. The molecule has 0 unspecified atom stereocenters. The topological polar surface area (TPSA) is 25.2 Å². The molecule has 1 aliphatic heterocycles. The van der Waals surface area contributed by atoms with Gasteiger partial charge in [-0.1, -0.05) is 23.8 Å². The maximum Gasteiger partial charge on any atom is 0.258 e. The van der Waals surface area contributed by atoms with E-state index in [-0.39, 0.29) is 5.91 Å². The number of nitrogens with zero attached hydrogens (tertiary/aromatic N) is 2. The standard InChI is InChI=1S/C21H20N2O/c1-14(2)10-15-4-5-17-13-23(21(24)19(17)11-15)18-6-7-20-16(12-18)8-9-22(20)3/h4-12H,13H2,1-3H3. The van der Waals surface area contributed by atoms with E-state index in [0.29, 0.717) is 6.54 Å².